The van der Waals surface area contributed by atoms with E-state index in [0.29, 0.717) is 22.8 Å². The molecular formula is C19H23ClN3O2+. The van der Waals surface area contributed by atoms with Crippen LogP contribution < -0.4 is 15.5 Å². The van der Waals surface area contributed by atoms with E-state index >= 15 is 0 Å². The molecule has 1 aromatic heterocycles. The average Bonchev–Trinajstić information content (AvgIpc) is 3.15. The van der Waals surface area contributed by atoms with Gasteiger partial charge in [0.05, 0.1) is 18.3 Å². The first-order valence-electron chi connectivity index (χ1n) is 8.88. The number of fused-ring (bicyclic) bond motifs is 2. The van der Waals surface area contributed by atoms with E-state index in [-0.39, 0.29) is 12.1 Å². The molecule has 2 amide bonds. The number of urea groups is 1. The summed E-state index contributed by atoms with van der Waals surface area (Å²) in [5.74, 6) is 1.05. The van der Waals surface area contributed by atoms with Gasteiger partial charge in [-0.2, -0.15) is 0 Å². The molecule has 2 fully saturated rings. The quantitative estimate of drug-likeness (QED) is 0.785. The summed E-state index contributed by atoms with van der Waals surface area (Å²) in [6.07, 6.45) is 6.25. The van der Waals surface area contributed by atoms with E-state index in [0.717, 1.165) is 25.1 Å². The second-order valence-electron chi connectivity index (χ2n) is 7.08. The molecule has 5 nitrogen and oxygen atoms in total. The first-order valence-corrected chi connectivity index (χ1v) is 9.26. The Balaban J connectivity index is 1.32. The minimum absolute atomic E-state index is 0.152. The van der Waals surface area contributed by atoms with Gasteiger partial charge < -0.3 is 20.0 Å². The van der Waals surface area contributed by atoms with Crippen LogP contribution in [0.15, 0.2) is 47.1 Å². The van der Waals surface area contributed by atoms with Crippen LogP contribution in [0, 0.1) is 0 Å². The Labute approximate surface area is 152 Å². The minimum atomic E-state index is -0.152. The number of carbonyl (C=O) groups is 1. The minimum Gasteiger partial charge on any atom is -0.463 e. The van der Waals surface area contributed by atoms with Crippen molar-refractivity contribution in [3.63, 3.8) is 0 Å². The highest BCUT2D eigenvalue weighted by atomic mass is 35.5. The highest BCUT2D eigenvalue weighted by molar-refractivity contribution is 6.30. The van der Waals surface area contributed by atoms with Gasteiger partial charge in [-0.05, 0) is 30.3 Å². The van der Waals surface area contributed by atoms with Crippen LogP contribution in [0.5, 0.6) is 0 Å². The molecule has 2 bridgehead atoms. The lowest BCUT2D eigenvalue weighted by molar-refractivity contribution is -0.955. The van der Waals surface area contributed by atoms with Crippen LogP contribution in [0.25, 0.3) is 0 Å². The van der Waals surface area contributed by atoms with Gasteiger partial charge in [0.15, 0.2) is 5.76 Å². The number of carbonyl (C=O) groups excluding carboxylic acids is 1. The van der Waals surface area contributed by atoms with Crippen molar-refractivity contribution in [1.82, 2.24) is 5.32 Å². The van der Waals surface area contributed by atoms with Gasteiger partial charge in [0.2, 0.25) is 0 Å². The average molecular weight is 361 g/mol. The summed E-state index contributed by atoms with van der Waals surface area (Å²) in [6, 6.07) is 12.5. The Kier molecular flexibility index (Phi) is 4.68. The van der Waals surface area contributed by atoms with Crippen molar-refractivity contribution < 1.29 is 14.1 Å². The smallest absolute Gasteiger partial charge is 0.319 e. The highest BCUT2D eigenvalue weighted by Crippen LogP contribution is 2.24. The van der Waals surface area contributed by atoms with Crippen molar-refractivity contribution in [2.45, 2.75) is 50.4 Å². The van der Waals surface area contributed by atoms with E-state index in [2.05, 4.69) is 16.7 Å². The SMILES string of the molecule is O=C(Nc1cccc(Cl)c1)NC1C[C@H]2CC[C@@H](C1)[NH+]2Cc1ccco1. The summed E-state index contributed by atoms with van der Waals surface area (Å²) < 4.78 is 5.52. The zero-order valence-electron chi connectivity index (χ0n) is 14.0. The van der Waals surface area contributed by atoms with E-state index in [1.165, 1.54) is 12.8 Å². The third-order valence-electron chi connectivity index (χ3n) is 5.43. The molecule has 2 aliphatic rings. The highest BCUT2D eigenvalue weighted by Gasteiger charge is 2.45. The number of amides is 2. The lowest BCUT2D eigenvalue weighted by atomic mass is 9.97. The molecule has 0 spiro atoms. The first-order chi connectivity index (χ1) is 12.2. The number of nitrogens with one attached hydrogen (secondary N) is 3. The molecule has 2 unspecified atom stereocenters. The summed E-state index contributed by atoms with van der Waals surface area (Å²) in [5.41, 5.74) is 0.717. The van der Waals surface area contributed by atoms with Gasteiger partial charge >= 0.3 is 6.03 Å². The molecule has 0 aliphatic carbocycles. The molecule has 2 aromatic rings. The number of hydrogen-bond donors (Lipinski definition) is 3. The van der Waals surface area contributed by atoms with Crippen molar-refractivity contribution in [1.29, 1.82) is 0 Å². The van der Waals surface area contributed by atoms with E-state index in [4.69, 9.17) is 16.0 Å². The van der Waals surface area contributed by atoms with Crippen LogP contribution in [0.3, 0.4) is 0 Å². The lowest BCUT2D eigenvalue weighted by Gasteiger charge is -2.35. The molecule has 3 heterocycles. The zero-order valence-corrected chi connectivity index (χ0v) is 14.8. The van der Waals surface area contributed by atoms with Crippen LogP contribution in [-0.4, -0.2) is 24.2 Å². The van der Waals surface area contributed by atoms with Gasteiger partial charge in [-0.25, -0.2) is 4.79 Å². The number of anilines is 1. The predicted octanol–water partition coefficient (Wildman–Crippen LogP) is 2.83. The van der Waals surface area contributed by atoms with E-state index in [1.807, 2.05) is 18.2 Å². The number of rotatable bonds is 4. The third-order valence-corrected chi connectivity index (χ3v) is 5.66. The molecule has 0 radical (unpaired) electrons. The summed E-state index contributed by atoms with van der Waals surface area (Å²) in [4.78, 5) is 13.9. The molecule has 1 aromatic carbocycles. The largest absolute Gasteiger partial charge is 0.463 e. The second kappa shape index (κ2) is 7.10. The van der Waals surface area contributed by atoms with Crippen LogP contribution >= 0.6 is 11.6 Å². The molecular weight excluding hydrogens is 338 g/mol. The summed E-state index contributed by atoms with van der Waals surface area (Å²) in [7, 11) is 0. The maximum Gasteiger partial charge on any atom is 0.319 e. The zero-order chi connectivity index (χ0) is 17.2. The molecule has 132 valence electrons. The maximum absolute atomic E-state index is 12.3. The third kappa shape index (κ3) is 3.83. The topological polar surface area (TPSA) is 58.7 Å². The van der Waals surface area contributed by atoms with E-state index < -0.39 is 0 Å². The molecule has 3 N–H and O–H groups in total. The summed E-state index contributed by atoms with van der Waals surface area (Å²) in [6.45, 7) is 0.948. The molecule has 2 aliphatic heterocycles. The normalized spacial score (nSPS) is 27.9. The van der Waals surface area contributed by atoms with Crippen molar-refractivity contribution in [2.75, 3.05) is 5.32 Å². The van der Waals surface area contributed by atoms with Crippen LogP contribution in [0.2, 0.25) is 5.02 Å². The van der Waals surface area contributed by atoms with E-state index in [1.54, 1.807) is 23.3 Å². The molecule has 25 heavy (non-hydrogen) atoms. The van der Waals surface area contributed by atoms with Crippen LogP contribution in [-0.2, 0) is 6.54 Å². The second-order valence-corrected chi connectivity index (χ2v) is 7.52. The van der Waals surface area contributed by atoms with Crippen molar-refractivity contribution in [3.8, 4) is 0 Å². The van der Waals surface area contributed by atoms with Gasteiger partial charge in [0.25, 0.3) is 0 Å². The number of benzene rings is 1. The van der Waals surface area contributed by atoms with Gasteiger partial charge in [-0.15, -0.1) is 0 Å². The van der Waals surface area contributed by atoms with Crippen molar-refractivity contribution >= 4 is 23.3 Å². The summed E-state index contributed by atoms with van der Waals surface area (Å²) in [5, 5.41) is 6.62. The fourth-order valence-corrected chi connectivity index (χ4v) is 4.56. The van der Waals surface area contributed by atoms with Gasteiger partial charge in [0.1, 0.15) is 6.54 Å². The first kappa shape index (κ1) is 16.5. The Morgan fingerprint density at radius 3 is 2.68 bits per heavy atom. The lowest BCUT2D eigenvalue weighted by Crippen LogP contribution is -3.17. The van der Waals surface area contributed by atoms with Crippen molar-refractivity contribution in [2.24, 2.45) is 0 Å². The Morgan fingerprint density at radius 1 is 1.20 bits per heavy atom. The molecule has 0 saturated carbocycles. The number of furan rings is 1. The van der Waals surface area contributed by atoms with Crippen LogP contribution in [0.1, 0.15) is 31.4 Å². The van der Waals surface area contributed by atoms with E-state index in [9.17, 15) is 4.79 Å². The maximum atomic E-state index is 12.3. The monoisotopic (exact) mass is 360 g/mol. The Bertz CT molecular complexity index is 720. The number of hydrogen-bond acceptors (Lipinski definition) is 2. The number of piperidine rings is 1. The predicted molar refractivity (Wildman–Crippen MR) is 96.8 cm³/mol. The van der Waals surface area contributed by atoms with Gasteiger partial charge in [-0.1, -0.05) is 17.7 Å². The Morgan fingerprint density at radius 2 is 2.00 bits per heavy atom. The Hall–Kier alpha value is -1.98. The molecule has 6 heteroatoms. The summed E-state index contributed by atoms with van der Waals surface area (Å²) >= 11 is 5.96. The standard InChI is InChI=1S/C19H22ClN3O2/c20-13-3-1-4-14(9-13)21-19(24)22-15-10-16-6-7-17(11-15)23(16)12-18-5-2-8-25-18/h1-5,8-9,15-17H,6-7,10-12H2,(H2,21,22,24)/p+1/t15?,16-,17+. The fraction of sp³-hybridized carbons (Fsp3) is 0.421. The molecule has 2 saturated heterocycles. The van der Waals surface area contributed by atoms with Crippen LogP contribution in [0.4, 0.5) is 10.5 Å². The van der Waals surface area contributed by atoms with Crippen molar-refractivity contribution in [3.05, 3.63) is 53.4 Å². The number of halogens is 1. The number of quaternary nitrogens is 1. The molecule has 4 atom stereocenters. The fourth-order valence-electron chi connectivity index (χ4n) is 4.37. The van der Waals surface area contributed by atoms with Gasteiger partial charge in [0, 0.05) is 42.4 Å². The van der Waals surface area contributed by atoms with Gasteiger partial charge in [-0.3, -0.25) is 0 Å². The molecule has 4 rings (SSSR count).